The number of nitrogens with zero attached hydrogens (tertiary/aromatic N) is 3. The maximum atomic E-state index is 11.1. The summed E-state index contributed by atoms with van der Waals surface area (Å²) in [4.78, 5) is 20.6. The fourth-order valence-corrected chi connectivity index (χ4v) is 1.83. The molecule has 1 aromatic rings. The summed E-state index contributed by atoms with van der Waals surface area (Å²) in [5, 5.41) is 12.2. The normalized spacial score (nSPS) is 20.8. The average molecular weight is 243 g/mol. The third-order valence-corrected chi connectivity index (χ3v) is 2.62. The first kappa shape index (κ1) is 11.1. The van der Waals surface area contributed by atoms with Gasteiger partial charge in [0.2, 0.25) is 5.28 Å². The van der Waals surface area contributed by atoms with E-state index in [1.54, 1.807) is 11.0 Å². The summed E-state index contributed by atoms with van der Waals surface area (Å²) in [6, 6.07) is 1.05. The third kappa shape index (κ3) is 2.23. The number of carboxylic acids is 1. The van der Waals surface area contributed by atoms with Crippen molar-refractivity contribution >= 4 is 23.4 Å². The van der Waals surface area contributed by atoms with E-state index in [4.69, 9.17) is 16.7 Å². The first-order valence-electron chi connectivity index (χ1n) is 4.87. The highest BCUT2D eigenvalue weighted by Gasteiger charge is 2.29. The van der Waals surface area contributed by atoms with Gasteiger partial charge in [0.05, 0.1) is 0 Å². The van der Waals surface area contributed by atoms with Crippen LogP contribution in [0.1, 0.15) is 0 Å². The molecule has 1 aliphatic rings. The van der Waals surface area contributed by atoms with Crippen molar-refractivity contribution in [3.05, 3.63) is 17.5 Å². The lowest BCUT2D eigenvalue weighted by atomic mass is 10.2. The molecule has 0 radical (unpaired) electrons. The summed E-state index contributed by atoms with van der Waals surface area (Å²) in [6.45, 7) is 1.71. The molecule has 1 fully saturated rings. The first-order valence-corrected chi connectivity index (χ1v) is 5.25. The second-order valence-electron chi connectivity index (χ2n) is 3.44. The van der Waals surface area contributed by atoms with Gasteiger partial charge in [-0.05, 0) is 17.7 Å². The lowest BCUT2D eigenvalue weighted by Gasteiger charge is -2.34. The molecule has 6 nitrogen and oxygen atoms in total. The van der Waals surface area contributed by atoms with Crippen molar-refractivity contribution in [2.75, 3.05) is 24.5 Å². The zero-order valence-corrected chi connectivity index (χ0v) is 9.18. The molecule has 1 aromatic heterocycles. The molecule has 0 saturated carbocycles. The first-order chi connectivity index (χ1) is 7.68. The van der Waals surface area contributed by atoms with Crippen LogP contribution in [-0.4, -0.2) is 46.7 Å². The minimum atomic E-state index is -0.873. The van der Waals surface area contributed by atoms with Crippen LogP contribution in [0.3, 0.4) is 0 Å². The van der Waals surface area contributed by atoms with Gasteiger partial charge in [-0.1, -0.05) is 0 Å². The van der Waals surface area contributed by atoms with Crippen molar-refractivity contribution in [1.29, 1.82) is 0 Å². The molecule has 2 N–H and O–H groups in total. The second kappa shape index (κ2) is 4.63. The molecule has 0 aliphatic carbocycles. The van der Waals surface area contributed by atoms with Crippen LogP contribution in [0.4, 0.5) is 5.82 Å². The molecule has 1 aliphatic heterocycles. The summed E-state index contributed by atoms with van der Waals surface area (Å²) in [7, 11) is 0. The van der Waals surface area contributed by atoms with E-state index in [9.17, 15) is 4.79 Å². The minimum Gasteiger partial charge on any atom is -0.480 e. The van der Waals surface area contributed by atoms with E-state index < -0.39 is 12.0 Å². The highest BCUT2D eigenvalue weighted by molar-refractivity contribution is 6.28. The summed E-state index contributed by atoms with van der Waals surface area (Å²) in [6.07, 6.45) is 1.52. The topological polar surface area (TPSA) is 78.4 Å². The molecule has 1 atom stereocenters. The SMILES string of the molecule is O=C(O)[C@H]1CNCCN1c1ccnc(Cl)n1. The summed E-state index contributed by atoms with van der Waals surface area (Å²) >= 11 is 5.68. The van der Waals surface area contributed by atoms with Crippen LogP contribution < -0.4 is 10.2 Å². The number of carbonyl (C=O) groups is 1. The predicted octanol–water partition coefficient (Wildman–Crippen LogP) is -0.00720. The van der Waals surface area contributed by atoms with Gasteiger partial charge in [-0.2, -0.15) is 0 Å². The van der Waals surface area contributed by atoms with Crippen LogP contribution in [0.2, 0.25) is 5.28 Å². The van der Waals surface area contributed by atoms with Crippen molar-refractivity contribution in [3.63, 3.8) is 0 Å². The number of carboxylic acid groups (broad SMARTS) is 1. The molecule has 0 unspecified atom stereocenters. The average Bonchev–Trinajstić information content (AvgIpc) is 2.29. The molecular formula is C9H11ClN4O2. The Morgan fingerprint density at radius 3 is 3.19 bits per heavy atom. The van der Waals surface area contributed by atoms with Gasteiger partial charge in [-0.25, -0.2) is 14.8 Å². The molecule has 7 heteroatoms. The maximum absolute atomic E-state index is 11.1. The Bertz CT molecular complexity index is 401. The van der Waals surface area contributed by atoms with Crippen LogP contribution >= 0.6 is 11.6 Å². The highest BCUT2D eigenvalue weighted by atomic mass is 35.5. The van der Waals surface area contributed by atoms with E-state index in [-0.39, 0.29) is 5.28 Å². The Morgan fingerprint density at radius 2 is 2.50 bits per heavy atom. The molecule has 0 bridgehead atoms. The van der Waals surface area contributed by atoms with Gasteiger partial charge in [0, 0.05) is 25.8 Å². The van der Waals surface area contributed by atoms with Gasteiger partial charge in [-0.3, -0.25) is 0 Å². The largest absolute Gasteiger partial charge is 0.480 e. The smallest absolute Gasteiger partial charge is 0.327 e. The van der Waals surface area contributed by atoms with Gasteiger partial charge >= 0.3 is 5.97 Å². The molecule has 0 aromatic carbocycles. The van der Waals surface area contributed by atoms with Crippen molar-refractivity contribution in [2.24, 2.45) is 0 Å². The number of halogens is 1. The van der Waals surface area contributed by atoms with E-state index in [1.165, 1.54) is 6.20 Å². The predicted molar refractivity (Wildman–Crippen MR) is 58.7 cm³/mol. The number of rotatable bonds is 2. The molecular weight excluding hydrogens is 232 g/mol. The van der Waals surface area contributed by atoms with E-state index >= 15 is 0 Å². The Hall–Kier alpha value is -1.40. The van der Waals surface area contributed by atoms with E-state index in [0.29, 0.717) is 18.9 Å². The minimum absolute atomic E-state index is 0.125. The molecule has 0 spiro atoms. The van der Waals surface area contributed by atoms with Gasteiger partial charge in [0.15, 0.2) is 0 Å². The monoisotopic (exact) mass is 242 g/mol. The van der Waals surface area contributed by atoms with Crippen LogP contribution in [0.25, 0.3) is 0 Å². The third-order valence-electron chi connectivity index (χ3n) is 2.43. The van der Waals surface area contributed by atoms with Crippen LogP contribution in [-0.2, 0) is 4.79 Å². The molecule has 2 heterocycles. The lowest BCUT2D eigenvalue weighted by molar-refractivity contribution is -0.138. The number of piperazine rings is 1. The standard InChI is InChI=1S/C9H11ClN4O2/c10-9-12-2-1-7(13-9)14-4-3-11-5-6(14)8(15)16/h1-2,6,11H,3-5H2,(H,15,16)/t6-/m1/s1. The van der Waals surface area contributed by atoms with Crippen LogP contribution in [0, 0.1) is 0 Å². The number of aliphatic carboxylic acids is 1. The molecule has 16 heavy (non-hydrogen) atoms. The van der Waals surface area contributed by atoms with Crippen molar-refractivity contribution < 1.29 is 9.90 Å². The van der Waals surface area contributed by atoms with Crippen LogP contribution in [0.15, 0.2) is 12.3 Å². The van der Waals surface area contributed by atoms with Crippen molar-refractivity contribution in [1.82, 2.24) is 15.3 Å². The number of anilines is 1. The quantitative estimate of drug-likeness (QED) is 0.711. The Labute approximate surface area is 97.3 Å². The Morgan fingerprint density at radius 1 is 1.69 bits per heavy atom. The second-order valence-corrected chi connectivity index (χ2v) is 3.77. The van der Waals surface area contributed by atoms with E-state index in [0.717, 1.165) is 6.54 Å². The zero-order valence-electron chi connectivity index (χ0n) is 8.43. The number of hydrogen-bond donors (Lipinski definition) is 2. The molecule has 1 saturated heterocycles. The van der Waals surface area contributed by atoms with Crippen molar-refractivity contribution in [2.45, 2.75) is 6.04 Å². The maximum Gasteiger partial charge on any atom is 0.327 e. The lowest BCUT2D eigenvalue weighted by Crippen LogP contribution is -2.55. The van der Waals surface area contributed by atoms with Gasteiger partial charge < -0.3 is 15.3 Å². The summed E-state index contributed by atoms with van der Waals surface area (Å²) in [5.41, 5.74) is 0. The van der Waals surface area contributed by atoms with Gasteiger partial charge in [0.25, 0.3) is 0 Å². The zero-order chi connectivity index (χ0) is 11.5. The van der Waals surface area contributed by atoms with E-state index in [2.05, 4.69) is 15.3 Å². The Balaban J connectivity index is 2.26. The van der Waals surface area contributed by atoms with E-state index in [1.807, 2.05) is 0 Å². The van der Waals surface area contributed by atoms with Crippen molar-refractivity contribution in [3.8, 4) is 0 Å². The number of hydrogen-bond acceptors (Lipinski definition) is 5. The Kier molecular flexibility index (Phi) is 3.21. The highest BCUT2D eigenvalue weighted by Crippen LogP contribution is 2.16. The molecule has 0 amide bonds. The summed E-state index contributed by atoms with van der Waals surface area (Å²) in [5.74, 6) is -0.323. The molecule has 86 valence electrons. The fraction of sp³-hybridized carbons (Fsp3) is 0.444. The van der Waals surface area contributed by atoms with Gasteiger partial charge in [-0.15, -0.1) is 0 Å². The summed E-state index contributed by atoms with van der Waals surface area (Å²) < 4.78 is 0. The number of nitrogens with one attached hydrogen (secondary N) is 1. The molecule has 2 rings (SSSR count). The van der Waals surface area contributed by atoms with Gasteiger partial charge in [0.1, 0.15) is 11.9 Å². The van der Waals surface area contributed by atoms with Crippen LogP contribution in [0.5, 0.6) is 0 Å². The fourth-order valence-electron chi connectivity index (χ4n) is 1.69. The number of aromatic nitrogens is 2.